The average molecular weight is 638 g/mol. The van der Waals surface area contributed by atoms with Crippen molar-refractivity contribution in [1.29, 1.82) is 0 Å². The number of hydrogen-bond acceptors (Lipinski definition) is 7. The fourth-order valence-corrected chi connectivity index (χ4v) is 7.58. The van der Waals surface area contributed by atoms with E-state index in [-0.39, 0.29) is 54.2 Å². The van der Waals surface area contributed by atoms with Crippen molar-refractivity contribution >= 4 is 35.1 Å². The third-order valence-corrected chi connectivity index (χ3v) is 9.13. The SMILES string of the molecule is CCNC(=O)C(=O)CCC(NC(=O)c1cnc(C)n1C)C(=O)Nc1cccn(CC(=O)NC23CC(C)CC(CC(C)(C)C2)C3)c1=O. The van der Waals surface area contributed by atoms with Gasteiger partial charge in [0.05, 0.1) is 6.20 Å². The number of nitrogens with one attached hydrogen (secondary N) is 4. The largest absolute Gasteiger partial charge is 0.350 e. The van der Waals surface area contributed by atoms with Crippen molar-refractivity contribution in [2.24, 2.45) is 24.3 Å². The lowest BCUT2D eigenvalue weighted by Gasteiger charge is -2.53. The van der Waals surface area contributed by atoms with Crippen molar-refractivity contribution in [2.75, 3.05) is 11.9 Å². The van der Waals surface area contributed by atoms with Crippen LogP contribution in [-0.4, -0.2) is 61.7 Å². The summed E-state index contributed by atoms with van der Waals surface area (Å²) in [4.78, 5) is 81.6. The van der Waals surface area contributed by atoms with E-state index < -0.39 is 35.1 Å². The number of carbonyl (C=O) groups is 5. The molecule has 4 amide bonds. The lowest BCUT2D eigenvalue weighted by Crippen LogP contribution is -2.58. The quantitative estimate of drug-likeness (QED) is 0.258. The predicted octanol–water partition coefficient (Wildman–Crippen LogP) is 2.22. The van der Waals surface area contributed by atoms with Gasteiger partial charge in [-0.2, -0.15) is 0 Å². The minimum Gasteiger partial charge on any atom is -0.350 e. The predicted molar refractivity (Wildman–Crippen MR) is 172 cm³/mol. The maximum atomic E-state index is 13.4. The molecule has 0 spiro atoms. The molecule has 13 nitrogen and oxygen atoms in total. The fraction of sp³-hybridized carbons (Fsp3) is 0.606. The second-order valence-corrected chi connectivity index (χ2v) is 13.9. The molecule has 4 rings (SSSR count). The van der Waals surface area contributed by atoms with Gasteiger partial charge >= 0.3 is 0 Å². The highest BCUT2D eigenvalue weighted by molar-refractivity contribution is 6.36. The first kappa shape index (κ1) is 34.6. The van der Waals surface area contributed by atoms with Crippen LogP contribution >= 0.6 is 0 Å². The van der Waals surface area contributed by atoms with Crippen LogP contribution in [0.3, 0.4) is 0 Å². The molecule has 2 heterocycles. The van der Waals surface area contributed by atoms with Gasteiger partial charge < -0.3 is 30.4 Å². The molecule has 4 atom stereocenters. The van der Waals surface area contributed by atoms with Crippen LogP contribution in [0.4, 0.5) is 5.69 Å². The van der Waals surface area contributed by atoms with Crippen LogP contribution in [0.15, 0.2) is 29.3 Å². The molecule has 0 radical (unpaired) electrons. The van der Waals surface area contributed by atoms with Crippen LogP contribution in [-0.2, 0) is 32.8 Å². The Morgan fingerprint density at radius 2 is 1.87 bits per heavy atom. The van der Waals surface area contributed by atoms with Crippen LogP contribution in [0.1, 0.15) is 89.0 Å². The second-order valence-electron chi connectivity index (χ2n) is 13.9. The van der Waals surface area contributed by atoms with E-state index in [0.29, 0.717) is 17.7 Å². The lowest BCUT2D eigenvalue weighted by molar-refractivity contribution is -0.138. The Labute approximate surface area is 269 Å². The summed E-state index contributed by atoms with van der Waals surface area (Å²) < 4.78 is 2.79. The van der Waals surface area contributed by atoms with Crippen molar-refractivity contribution in [3.05, 3.63) is 46.4 Å². The molecule has 0 saturated heterocycles. The lowest BCUT2D eigenvalue weighted by atomic mass is 9.56. The number of carbonyl (C=O) groups excluding carboxylic acids is 5. The summed E-state index contributed by atoms with van der Waals surface area (Å²) in [6.45, 7) is 10.2. The molecule has 2 aromatic rings. The number of imidazole rings is 1. The molecule has 2 aromatic heterocycles. The molecule has 2 bridgehead atoms. The number of hydrogen-bond donors (Lipinski definition) is 4. The van der Waals surface area contributed by atoms with Gasteiger partial charge in [-0.3, -0.25) is 28.8 Å². The number of aryl methyl sites for hydroxylation is 1. The number of ketones is 1. The standard InChI is InChI=1S/C33H47N7O6/c1-7-34-30(45)26(41)11-10-23(36-29(44)25-17-35-21(3)39(25)6)28(43)37-24-9-8-12-40(31(24)46)18-27(42)38-33-14-20(2)13-22(16-33)15-32(4,5)19-33/h8-9,12,17,20,22-23H,7,10-11,13-16,18-19H2,1-6H3,(H,34,45)(H,36,44)(H,37,43)(H,38,42). The number of aromatic nitrogens is 3. The van der Waals surface area contributed by atoms with Gasteiger partial charge in [-0.05, 0) is 81.8 Å². The van der Waals surface area contributed by atoms with Gasteiger partial charge in [0, 0.05) is 31.7 Å². The molecule has 4 N–H and O–H groups in total. The van der Waals surface area contributed by atoms with Crippen LogP contribution in [0.5, 0.6) is 0 Å². The highest BCUT2D eigenvalue weighted by Crippen LogP contribution is 2.52. The summed E-state index contributed by atoms with van der Waals surface area (Å²) >= 11 is 0. The summed E-state index contributed by atoms with van der Waals surface area (Å²) in [6.07, 6.45) is 7.36. The van der Waals surface area contributed by atoms with Gasteiger partial charge in [0.15, 0.2) is 0 Å². The van der Waals surface area contributed by atoms with E-state index in [1.807, 2.05) is 0 Å². The van der Waals surface area contributed by atoms with E-state index >= 15 is 0 Å². The van der Waals surface area contributed by atoms with Gasteiger partial charge in [-0.15, -0.1) is 0 Å². The van der Waals surface area contributed by atoms with Crippen LogP contribution in [0.25, 0.3) is 0 Å². The summed E-state index contributed by atoms with van der Waals surface area (Å²) in [6, 6.07) is 1.70. The number of rotatable bonds is 12. The molecule has 250 valence electrons. The molecule has 2 saturated carbocycles. The molecule has 2 fully saturated rings. The Kier molecular flexibility index (Phi) is 10.5. The third-order valence-electron chi connectivity index (χ3n) is 9.13. The zero-order chi connectivity index (χ0) is 33.8. The number of Topliss-reactive ketones (excluding diaryl/α,β-unsaturated/α-hetero) is 1. The van der Waals surface area contributed by atoms with E-state index in [4.69, 9.17) is 0 Å². The number of amides is 4. The smallest absolute Gasteiger partial charge is 0.287 e. The molecule has 13 heteroatoms. The first-order valence-electron chi connectivity index (χ1n) is 16.0. The maximum Gasteiger partial charge on any atom is 0.287 e. The van der Waals surface area contributed by atoms with Gasteiger partial charge in [-0.25, -0.2) is 4.98 Å². The molecular weight excluding hydrogens is 590 g/mol. The zero-order valence-corrected chi connectivity index (χ0v) is 27.7. The van der Waals surface area contributed by atoms with Crippen molar-refractivity contribution in [3.63, 3.8) is 0 Å². The van der Waals surface area contributed by atoms with Crippen molar-refractivity contribution < 1.29 is 24.0 Å². The van der Waals surface area contributed by atoms with Crippen LogP contribution in [0.2, 0.25) is 0 Å². The Bertz CT molecular complexity index is 1560. The highest BCUT2D eigenvalue weighted by Gasteiger charge is 2.48. The van der Waals surface area contributed by atoms with Crippen molar-refractivity contribution in [1.82, 2.24) is 30.1 Å². The summed E-state index contributed by atoms with van der Waals surface area (Å²) in [5.74, 6) is -1.51. The van der Waals surface area contributed by atoms with E-state index in [1.165, 1.54) is 23.0 Å². The molecule has 2 aliphatic rings. The van der Waals surface area contributed by atoms with Gasteiger partial charge in [-0.1, -0.05) is 20.8 Å². The molecule has 0 aromatic carbocycles. The normalized spacial score (nSPS) is 22.3. The summed E-state index contributed by atoms with van der Waals surface area (Å²) in [5, 5.41) is 10.9. The zero-order valence-electron chi connectivity index (χ0n) is 27.7. The number of anilines is 1. The van der Waals surface area contributed by atoms with Crippen molar-refractivity contribution in [3.8, 4) is 0 Å². The van der Waals surface area contributed by atoms with Crippen molar-refractivity contribution in [2.45, 2.75) is 97.7 Å². The monoisotopic (exact) mass is 637 g/mol. The number of nitrogens with zero attached hydrogens (tertiary/aromatic N) is 3. The molecule has 46 heavy (non-hydrogen) atoms. The third kappa shape index (κ3) is 8.29. The minimum absolute atomic E-state index is 0.0886. The molecular formula is C33H47N7O6. The van der Waals surface area contributed by atoms with Crippen LogP contribution in [0, 0.1) is 24.2 Å². The molecule has 4 unspecified atom stereocenters. The fourth-order valence-electron chi connectivity index (χ4n) is 7.58. The van der Waals surface area contributed by atoms with Gasteiger partial charge in [0.25, 0.3) is 17.4 Å². The summed E-state index contributed by atoms with van der Waals surface area (Å²) in [7, 11) is 1.65. The van der Waals surface area contributed by atoms with Crippen LogP contribution < -0.4 is 26.8 Å². The topological polar surface area (TPSA) is 173 Å². The number of likely N-dealkylation sites (N-methyl/N-ethyl adjacent to an activating group) is 1. The average Bonchev–Trinajstić information content (AvgIpc) is 3.28. The first-order valence-corrected chi connectivity index (χ1v) is 16.0. The second kappa shape index (κ2) is 14.0. The maximum absolute atomic E-state index is 13.4. The Balaban J connectivity index is 1.48. The number of pyridine rings is 1. The Hall–Kier alpha value is -4.29. The number of fused-ring (bicyclic) bond motifs is 2. The molecule has 2 aliphatic carbocycles. The van der Waals surface area contributed by atoms with E-state index in [9.17, 15) is 28.8 Å². The van der Waals surface area contributed by atoms with Gasteiger partial charge in [0.2, 0.25) is 17.6 Å². The Morgan fingerprint density at radius 3 is 2.54 bits per heavy atom. The first-order chi connectivity index (χ1) is 21.6. The van der Waals surface area contributed by atoms with E-state index in [2.05, 4.69) is 47.0 Å². The van der Waals surface area contributed by atoms with Gasteiger partial charge in [0.1, 0.15) is 29.8 Å². The highest BCUT2D eigenvalue weighted by atomic mass is 16.2. The summed E-state index contributed by atoms with van der Waals surface area (Å²) in [5.41, 5.74) is -0.677. The minimum atomic E-state index is -1.26. The molecule has 0 aliphatic heterocycles. The van der Waals surface area contributed by atoms with E-state index in [1.54, 1.807) is 31.5 Å². The van der Waals surface area contributed by atoms with E-state index in [0.717, 1.165) is 32.1 Å². The Morgan fingerprint density at radius 1 is 1.13 bits per heavy atom.